The quantitative estimate of drug-likeness (QED) is 0.924. The molecule has 0 saturated heterocycles. The molecule has 1 aromatic carbocycles. The second-order valence-electron chi connectivity index (χ2n) is 5.85. The number of pyridine rings is 1. The third kappa shape index (κ3) is 3.62. The zero-order chi connectivity index (χ0) is 16.2. The molecule has 2 amide bonds. The van der Waals surface area contributed by atoms with Gasteiger partial charge in [-0.05, 0) is 35.7 Å². The van der Waals surface area contributed by atoms with E-state index in [1.54, 1.807) is 31.5 Å². The number of carbonyl (C=O) groups is 1. The summed E-state index contributed by atoms with van der Waals surface area (Å²) in [6, 6.07) is 11.9. The van der Waals surface area contributed by atoms with E-state index < -0.39 is 0 Å². The summed E-state index contributed by atoms with van der Waals surface area (Å²) >= 11 is 0. The Morgan fingerprint density at radius 1 is 1.30 bits per heavy atom. The summed E-state index contributed by atoms with van der Waals surface area (Å²) in [5, 5.41) is 3.09. The van der Waals surface area contributed by atoms with Crippen molar-refractivity contribution < 1.29 is 9.53 Å². The number of nitrogens with zero attached hydrogens (tertiary/aromatic N) is 2. The first-order valence-electron chi connectivity index (χ1n) is 7.72. The molecule has 0 aliphatic heterocycles. The van der Waals surface area contributed by atoms with E-state index in [2.05, 4.69) is 16.4 Å². The molecule has 5 nitrogen and oxygen atoms in total. The van der Waals surface area contributed by atoms with E-state index in [0.717, 1.165) is 23.3 Å². The average Bonchev–Trinajstić information content (AvgIpc) is 3.34. The molecule has 1 aliphatic carbocycles. The number of rotatable bonds is 5. The number of amides is 2. The van der Waals surface area contributed by atoms with Gasteiger partial charge in [-0.15, -0.1) is 0 Å². The molecule has 1 N–H and O–H groups in total. The Morgan fingerprint density at radius 2 is 2.04 bits per heavy atom. The third-order valence-electron chi connectivity index (χ3n) is 4.15. The standard InChI is InChI=1S/C18H21N3O2/c1-21(12-13-7-9-19-10-8-13)18(22)20-16-11-15(16)14-5-3-4-6-17(14)23-2/h3-10,15-16H,11-12H2,1-2H3,(H,20,22)/t15-,16+/m1/s1. The van der Waals surface area contributed by atoms with Gasteiger partial charge >= 0.3 is 6.03 Å². The second kappa shape index (κ2) is 6.69. The smallest absolute Gasteiger partial charge is 0.317 e. The third-order valence-corrected chi connectivity index (χ3v) is 4.15. The fourth-order valence-electron chi connectivity index (χ4n) is 2.77. The number of aromatic nitrogens is 1. The van der Waals surface area contributed by atoms with Gasteiger partial charge in [0.25, 0.3) is 0 Å². The van der Waals surface area contributed by atoms with Crippen molar-refractivity contribution in [2.45, 2.75) is 24.9 Å². The first kappa shape index (κ1) is 15.3. The van der Waals surface area contributed by atoms with E-state index in [4.69, 9.17) is 4.74 Å². The highest BCUT2D eigenvalue weighted by Crippen LogP contribution is 2.44. The van der Waals surface area contributed by atoms with Crippen LogP contribution in [0.2, 0.25) is 0 Å². The Hall–Kier alpha value is -2.56. The number of methoxy groups -OCH3 is 1. The normalized spacial score (nSPS) is 19.0. The number of nitrogens with one attached hydrogen (secondary N) is 1. The summed E-state index contributed by atoms with van der Waals surface area (Å²) in [6.45, 7) is 0.570. The molecule has 0 spiro atoms. The Morgan fingerprint density at radius 3 is 2.78 bits per heavy atom. The van der Waals surface area contributed by atoms with Crippen LogP contribution in [-0.2, 0) is 6.54 Å². The van der Waals surface area contributed by atoms with Crippen molar-refractivity contribution in [1.82, 2.24) is 15.2 Å². The second-order valence-corrected chi connectivity index (χ2v) is 5.85. The van der Waals surface area contributed by atoms with E-state index >= 15 is 0 Å². The Balaban J connectivity index is 1.55. The molecular formula is C18H21N3O2. The van der Waals surface area contributed by atoms with Crippen molar-refractivity contribution in [1.29, 1.82) is 0 Å². The average molecular weight is 311 g/mol. The van der Waals surface area contributed by atoms with Gasteiger partial charge in [-0.25, -0.2) is 4.79 Å². The fraction of sp³-hybridized carbons (Fsp3) is 0.333. The first-order valence-corrected chi connectivity index (χ1v) is 7.72. The van der Waals surface area contributed by atoms with Crippen molar-refractivity contribution in [3.63, 3.8) is 0 Å². The predicted octanol–water partition coefficient (Wildman–Crippen LogP) is 2.79. The number of hydrogen-bond donors (Lipinski definition) is 1. The van der Waals surface area contributed by atoms with E-state index in [0.29, 0.717) is 12.5 Å². The summed E-state index contributed by atoms with van der Waals surface area (Å²) < 4.78 is 5.40. The molecule has 120 valence electrons. The maximum atomic E-state index is 12.3. The van der Waals surface area contributed by atoms with Crippen molar-refractivity contribution in [3.8, 4) is 5.75 Å². The molecule has 3 rings (SSSR count). The number of hydrogen-bond acceptors (Lipinski definition) is 3. The minimum Gasteiger partial charge on any atom is -0.496 e. The Kier molecular flexibility index (Phi) is 4.46. The lowest BCUT2D eigenvalue weighted by molar-refractivity contribution is 0.206. The van der Waals surface area contributed by atoms with Crippen LogP contribution < -0.4 is 10.1 Å². The highest BCUT2D eigenvalue weighted by atomic mass is 16.5. The molecule has 1 aliphatic rings. The van der Waals surface area contributed by atoms with Crippen LogP contribution in [0.1, 0.15) is 23.5 Å². The molecule has 5 heteroatoms. The van der Waals surface area contributed by atoms with Crippen LogP contribution in [-0.4, -0.2) is 36.1 Å². The van der Waals surface area contributed by atoms with Crippen LogP contribution in [0.4, 0.5) is 4.79 Å². The van der Waals surface area contributed by atoms with Gasteiger partial charge in [0.05, 0.1) is 7.11 Å². The van der Waals surface area contributed by atoms with Crippen LogP contribution in [0.3, 0.4) is 0 Å². The van der Waals surface area contributed by atoms with E-state index in [-0.39, 0.29) is 12.1 Å². The first-order chi connectivity index (χ1) is 11.2. The zero-order valence-corrected chi connectivity index (χ0v) is 13.4. The number of para-hydroxylation sites is 1. The van der Waals surface area contributed by atoms with Crippen molar-refractivity contribution in [2.75, 3.05) is 14.2 Å². The molecule has 1 fully saturated rings. The lowest BCUT2D eigenvalue weighted by Crippen LogP contribution is -2.38. The van der Waals surface area contributed by atoms with Gasteiger partial charge in [0.1, 0.15) is 5.75 Å². The maximum absolute atomic E-state index is 12.3. The molecule has 0 bridgehead atoms. The lowest BCUT2D eigenvalue weighted by atomic mass is 10.1. The largest absolute Gasteiger partial charge is 0.496 e. The molecule has 23 heavy (non-hydrogen) atoms. The van der Waals surface area contributed by atoms with E-state index in [9.17, 15) is 4.79 Å². The molecule has 0 unspecified atom stereocenters. The minimum atomic E-state index is -0.0517. The summed E-state index contributed by atoms with van der Waals surface area (Å²) in [5.41, 5.74) is 2.23. The van der Waals surface area contributed by atoms with Crippen LogP contribution in [0.5, 0.6) is 5.75 Å². The number of urea groups is 1. The lowest BCUT2D eigenvalue weighted by Gasteiger charge is -2.18. The van der Waals surface area contributed by atoms with Crippen molar-refractivity contribution >= 4 is 6.03 Å². The van der Waals surface area contributed by atoms with Gasteiger partial charge in [-0.1, -0.05) is 18.2 Å². The molecule has 1 heterocycles. The highest BCUT2D eigenvalue weighted by molar-refractivity contribution is 5.75. The monoisotopic (exact) mass is 311 g/mol. The number of ether oxygens (including phenoxy) is 1. The highest BCUT2D eigenvalue weighted by Gasteiger charge is 2.41. The summed E-state index contributed by atoms with van der Waals surface area (Å²) in [6.07, 6.45) is 4.43. The van der Waals surface area contributed by atoms with Gasteiger partial charge in [0.2, 0.25) is 0 Å². The summed E-state index contributed by atoms with van der Waals surface area (Å²) in [4.78, 5) is 18.0. The van der Waals surface area contributed by atoms with Crippen LogP contribution in [0.25, 0.3) is 0 Å². The van der Waals surface area contributed by atoms with Crippen molar-refractivity contribution in [2.24, 2.45) is 0 Å². The van der Waals surface area contributed by atoms with Gasteiger partial charge in [0.15, 0.2) is 0 Å². The number of carbonyl (C=O) groups excluding carboxylic acids is 1. The Labute approximate surface area is 136 Å². The SMILES string of the molecule is COc1ccccc1[C@H]1C[C@@H]1NC(=O)N(C)Cc1ccncc1. The van der Waals surface area contributed by atoms with E-state index in [1.807, 2.05) is 30.3 Å². The molecule has 1 aromatic heterocycles. The zero-order valence-electron chi connectivity index (χ0n) is 13.4. The van der Waals surface area contributed by atoms with Gasteiger partial charge < -0.3 is 15.0 Å². The molecule has 2 aromatic rings. The van der Waals surface area contributed by atoms with Crippen LogP contribution in [0, 0.1) is 0 Å². The van der Waals surface area contributed by atoms with Crippen LogP contribution >= 0.6 is 0 Å². The molecule has 0 radical (unpaired) electrons. The summed E-state index contributed by atoms with van der Waals surface area (Å²) in [5.74, 6) is 1.23. The maximum Gasteiger partial charge on any atom is 0.317 e. The van der Waals surface area contributed by atoms with Gasteiger partial charge in [-0.3, -0.25) is 4.98 Å². The fourth-order valence-corrected chi connectivity index (χ4v) is 2.77. The van der Waals surface area contributed by atoms with E-state index in [1.165, 1.54) is 0 Å². The van der Waals surface area contributed by atoms with Crippen LogP contribution in [0.15, 0.2) is 48.8 Å². The molecular weight excluding hydrogens is 290 g/mol. The molecule has 1 saturated carbocycles. The molecule has 2 atom stereocenters. The number of benzene rings is 1. The van der Waals surface area contributed by atoms with Gasteiger partial charge in [0, 0.05) is 37.9 Å². The minimum absolute atomic E-state index is 0.0517. The topological polar surface area (TPSA) is 54.5 Å². The predicted molar refractivity (Wildman–Crippen MR) is 88.4 cm³/mol. The summed E-state index contributed by atoms with van der Waals surface area (Å²) in [7, 11) is 3.48. The van der Waals surface area contributed by atoms with Crippen molar-refractivity contribution in [3.05, 3.63) is 59.9 Å². The van der Waals surface area contributed by atoms with Gasteiger partial charge in [-0.2, -0.15) is 0 Å². The Bertz CT molecular complexity index is 675.